The largest absolute Gasteiger partial charge is 0.417 e. The van der Waals surface area contributed by atoms with Gasteiger partial charge in [0.25, 0.3) is 0 Å². The number of aromatic nitrogens is 1. The molecule has 4 aliphatic rings. The van der Waals surface area contributed by atoms with Gasteiger partial charge in [-0.05, 0) is 43.4 Å². The summed E-state index contributed by atoms with van der Waals surface area (Å²) in [7, 11) is 1.72. The highest BCUT2D eigenvalue weighted by molar-refractivity contribution is 5.29. The van der Waals surface area contributed by atoms with E-state index >= 15 is 0 Å². The molecular weight excluding hydrogens is 461 g/mol. The van der Waals surface area contributed by atoms with Crippen molar-refractivity contribution in [2.75, 3.05) is 46.5 Å². The topological polar surface area (TPSA) is 70.1 Å². The number of halogens is 3. The van der Waals surface area contributed by atoms with Crippen molar-refractivity contribution >= 4 is 0 Å². The van der Waals surface area contributed by atoms with E-state index in [0.717, 1.165) is 45.1 Å². The molecule has 196 valence electrons. The third kappa shape index (κ3) is 4.85. The van der Waals surface area contributed by atoms with Gasteiger partial charge in [-0.3, -0.25) is 9.88 Å². The molecule has 0 spiro atoms. The van der Waals surface area contributed by atoms with Gasteiger partial charge in [-0.1, -0.05) is 6.92 Å². The normalized spacial score (nSPS) is 35.1. The minimum absolute atomic E-state index is 0.0196. The van der Waals surface area contributed by atoms with Crippen molar-refractivity contribution < 1.29 is 27.8 Å². The Balaban J connectivity index is 1.34. The van der Waals surface area contributed by atoms with E-state index < -0.39 is 18.0 Å². The lowest BCUT2D eigenvalue weighted by atomic mass is 9.77. The SMILES string of the molecule is CCN1C[C@@H]2C[C@@H](NC3CCOCC3OC)C[C@]2(C(O)N2CCc3ncc(C(F)(F)F)cc3C2)C1. The average molecular weight is 499 g/mol. The van der Waals surface area contributed by atoms with Crippen LogP contribution in [0, 0.1) is 11.3 Å². The zero-order valence-electron chi connectivity index (χ0n) is 20.6. The van der Waals surface area contributed by atoms with Crippen LogP contribution in [0.25, 0.3) is 0 Å². The molecule has 0 amide bonds. The maximum atomic E-state index is 13.3. The first-order chi connectivity index (χ1) is 16.7. The number of aliphatic hydroxyl groups excluding tert-OH is 1. The van der Waals surface area contributed by atoms with Gasteiger partial charge in [-0.2, -0.15) is 13.2 Å². The molecule has 0 aromatic carbocycles. The molecule has 1 aromatic heterocycles. The predicted octanol–water partition coefficient (Wildman–Crippen LogP) is 2.27. The van der Waals surface area contributed by atoms with Crippen LogP contribution in [0.2, 0.25) is 0 Å². The van der Waals surface area contributed by atoms with Crippen LogP contribution in [0.1, 0.15) is 43.0 Å². The quantitative estimate of drug-likeness (QED) is 0.624. The van der Waals surface area contributed by atoms with Crippen molar-refractivity contribution in [2.45, 2.75) is 69.7 Å². The zero-order chi connectivity index (χ0) is 24.8. The Kier molecular flexibility index (Phi) is 7.15. The maximum absolute atomic E-state index is 13.3. The third-order valence-corrected chi connectivity index (χ3v) is 8.77. The predicted molar refractivity (Wildman–Crippen MR) is 124 cm³/mol. The van der Waals surface area contributed by atoms with E-state index in [9.17, 15) is 18.3 Å². The van der Waals surface area contributed by atoms with Crippen LogP contribution in [-0.4, -0.2) is 90.8 Å². The fourth-order valence-corrected chi connectivity index (χ4v) is 6.91. The summed E-state index contributed by atoms with van der Waals surface area (Å²) in [6, 6.07) is 1.70. The van der Waals surface area contributed by atoms with Gasteiger partial charge in [0.05, 0.1) is 18.3 Å². The number of ether oxygens (including phenoxy) is 2. The molecule has 1 saturated carbocycles. The van der Waals surface area contributed by atoms with Crippen LogP contribution in [-0.2, 0) is 28.6 Å². The molecule has 1 aromatic rings. The molecule has 4 heterocycles. The molecule has 0 radical (unpaired) electrons. The molecule has 10 heteroatoms. The second-order valence-electron chi connectivity index (χ2n) is 10.7. The van der Waals surface area contributed by atoms with Gasteiger partial charge >= 0.3 is 6.18 Å². The summed E-state index contributed by atoms with van der Waals surface area (Å²) in [6.07, 6.45) is -0.937. The first-order valence-electron chi connectivity index (χ1n) is 12.8. The van der Waals surface area contributed by atoms with Crippen molar-refractivity contribution in [1.82, 2.24) is 20.1 Å². The number of nitrogens with one attached hydrogen (secondary N) is 1. The Morgan fingerprint density at radius 3 is 2.97 bits per heavy atom. The summed E-state index contributed by atoms with van der Waals surface area (Å²) in [6.45, 7) is 7.00. The van der Waals surface area contributed by atoms with Gasteiger partial charge in [-0.25, -0.2) is 0 Å². The fourth-order valence-electron chi connectivity index (χ4n) is 6.91. The minimum atomic E-state index is -4.42. The van der Waals surface area contributed by atoms with Gasteiger partial charge < -0.3 is 24.8 Å². The van der Waals surface area contributed by atoms with Gasteiger partial charge in [0.2, 0.25) is 0 Å². The van der Waals surface area contributed by atoms with E-state index in [1.165, 1.54) is 6.07 Å². The number of fused-ring (bicyclic) bond motifs is 2. The van der Waals surface area contributed by atoms with Crippen LogP contribution in [0.4, 0.5) is 13.2 Å². The van der Waals surface area contributed by atoms with Crippen LogP contribution in [0.5, 0.6) is 0 Å². The Hall–Kier alpha value is -1.30. The molecule has 5 rings (SSSR count). The van der Waals surface area contributed by atoms with E-state index in [-0.39, 0.29) is 30.1 Å². The smallest absolute Gasteiger partial charge is 0.379 e. The van der Waals surface area contributed by atoms with Crippen LogP contribution in [0.3, 0.4) is 0 Å². The van der Waals surface area contributed by atoms with E-state index in [4.69, 9.17) is 9.47 Å². The fraction of sp³-hybridized carbons (Fsp3) is 0.800. The highest BCUT2D eigenvalue weighted by Gasteiger charge is 2.58. The molecule has 1 aliphatic carbocycles. The monoisotopic (exact) mass is 498 g/mol. The van der Waals surface area contributed by atoms with Gasteiger partial charge in [0, 0.05) is 75.7 Å². The number of aliphatic hydroxyl groups is 1. The molecule has 2 N–H and O–H groups in total. The molecule has 2 saturated heterocycles. The third-order valence-electron chi connectivity index (χ3n) is 8.77. The number of methoxy groups -OCH3 is 1. The van der Waals surface area contributed by atoms with E-state index in [1.807, 2.05) is 4.90 Å². The van der Waals surface area contributed by atoms with Gasteiger partial charge in [0.1, 0.15) is 6.23 Å². The van der Waals surface area contributed by atoms with Crippen molar-refractivity contribution in [1.29, 1.82) is 0 Å². The second-order valence-corrected chi connectivity index (χ2v) is 10.7. The van der Waals surface area contributed by atoms with Crippen molar-refractivity contribution in [3.63, 3.8) is 0 Å². The molecular formula is C25H37F3N4O3. The number of nitrogens with zero attached hydrogens (tertiary/aromatic N) is 3. The molecule has 0 bridgehead atoms. The Labute approximate surface area is 205 Å². The number of hydrogen-bond donors (Lipinski definition) is 2. The van der Waals surface area contributed by atoms with Crippen LogP contribution >= 0.6 is 0 Å². The Morgan fingerprint density at radius 1 is 1.40 bits per heavy atom. The lowest BCUT2D eigenvalue weighted by molar-refractivity contribution is -0.138. The van der Waals surface area contributed by atoms with Crippen molar-refractivity contribution in [2.24, 2.45) is 11.3 Å². The summed E-state index contributed by atoms with van der Waals surface area (Å²) in [4.78, 5) is 8.47. The summed E-state index contributed by atoms with van der Waals surface area (Å²) in [5.74, 6) is 0.330. The van der Waals surface area contributed by atoms with Crippen LogP contribution in [0.15, 0.2) is 12.3 Å². The first-order valence-corrected chi connectivity index (χ1v) is 12.8. The second kappa shape index (κ2) is 9.87. The first kappa shape index (κ1) is 25.4. The van der Waals surface area contributed by atoms with E-state index in [0.29, 0.717) is 43.4 Å². The van der Waals surface area contributed by atoms with Crippen LogP contribution < -0.4 is 5.32 Å². The molecule has 7 nitrogen and oxygen atoms in total. The van der Waals surface area contributed by atoms with E-state index in [2.05, 4.69) is 22.1 Å². The van der Waals surface area contributed by atoms with Gasteiger partial charge in [0.15, 0.2) is 0 Å². The summed E-state index contributed by atoms with van der Waals surface area (Å²) in [5, 5.41) is 15.6. The summed E-state index contributed by atoms with van der Waals surface area (Å²) >= 11 is 0. The lowest BCUT2D eigenvalue weighted by Crippen LogP contribution is -2.54. The molecule has 3 unspecified atom stereocenters. The van der Waals surface area contributed by atoms with Crippen molar-refractivity contribution in [3.8, 4) is 0 Å². The number of likely N-dealkylation sites (tertiary alicyclic amines) is 1. The van der Waals surface area contributed by atoms with Crippen molar-refractivity contribution in [3.05, 3.63) is 29.1 Å². The molecule has 6 atom stereocenters. The number of rotatable bonds is 6. The van der Waals surface area contributed by atoms with E-state index in [1.54, 1.807) is 7.11 Å². The number of hydrogen-bond acceptors (Lipinski definition) is 7. The van der Waals surface area contributed by atoms with Gasteiger partial charge in [-0.15, -0.1) is 0 Å². The standard InChI is InChI=1S/C25H37F3N4O3/c1-3-31-13-18-9-19(30-21-5-7-35-14-22(21)34-2)10-24(18,15-31)23(33)32-6-4-20-16(12-32)8-17(11-29-20)25(26,27)28/h8,11,18-19,21-23,30,33H,3-7,9-10,12-15H2,1-2H3/t18-,19+,21?,22?,23?,24-/m0/s1. The molecule has 3 aliphatic heterocycles. The Bertz CT molecular complexity index is 903. The number of pyridine rings is 1. The highest BCUT2D eigenvalue weighted by Crippen LogP contribution is 2.52. The summed E-state index contributed by atoms with van der Waals surface area (Å²) < 4.78 is 51.0. The molecule has 35 heavy (non-hydrogen) atoms. The minimum Gasteiger partial charge on any atom is -0.379 e. The summed E-state index contributed by atoms with van der Waals surface area (Å²) in [5.41, 5.74) is 0.235. The highest BCUT2D eigenvalue weighted by atomic mass is 19.4. The lowest BCUT2D eigenvalue weighted by Gasteiger charge is -2.43. The average Bonchev–Trinajstić information content (AvgIpc) is 3.37. The maximum Gasteiger partial charge on any atom is 0.417 e. The Morgan fingerprint density at radius 2 is 2.23 bits per heavy atom. The zero-order valence-corrected chi connectivity index (χ0v) is 20.6. The number of alkyl halides is 3. The molecule has 3 fully saturated rings.